The Balaban J connectivity index is 1.49. The van der Waals surface area contributed by atoms with Crippen LogP contribution in [0.2, 0.25) is 0 Å². The van der Waals surface area contributed by atoms with Crippen molar-refractivity contribution in [3.63, 3.8) is 0 Å². The fourth-order valence-electron chi connectivity index (χ4n) is 4.36. The number of aromatic nitrogens is 1. The zero-order valence-corrected chi connectivity index (χ0v) is 19.7. The van der Waals surface area contributed by atoms with E-state index < -0.39 is 5.97 Å². The SMILES string of the molecule is CCCCCOc1cc(N2CCN(Cc3cccc4c3ccn4CC(=O)O)C2=O)ccc1OC. The van der Waals surface area contributed by atoms with Crippen LogP contribution >= 0.6 is 0 Å². The van der Waals surface area contributed by atoms with Crippen molar-refractivity contribution in [2.45, 2.75) is 39.3 Å². The first kappa shape index (κ1) is 23.5. The Hall–Kier alpha value is -3.68. The van der Waals surface area contributed by atoms with E-state index in [9.17, 15) is 9.59 Å². The van der Waals surface area contributed by atoms with Crippen LogP contribution in [0.15, 0.2) is 48.7 Å². The maximum Gasteiger partial charge on any atom is 0.324 e. The van der Waals surface area contributed by atoms with Gasteiger partial charge in [-0.25, -0.2) is 4.79 Å². The van der Waals surface area contributed by atoms with Crippen LogP contribution in [-0.4, -0.2) is 53.4 Å². The molecule has 1 aliphatic heterocycles. The van der Waals surface area contributed by atoms with Crippen LogP contribution in [-0.2, 0) is 17.9 Å². The lowest BCUT2D eigenvalue weighted by Crippen LogP contribution is -2.31. The number of anilines is 1. The van der Waals surface area contributed by atoms with Gasteiger partial charge in [0.1, 0.15) is 6.54 Å². The van der Waals surface area contributed by atoms with Crippen molar-refractivity contribution in [1.82, 2.24) is 9.47 Å². The van der Waals surface area contributed by atoms with Gasteiger partial charge in [-0.1, -0.05) is 31.9 Å². The summed E-state index contributed by atoms with van der Waals surface area (Å²) in [5, 5.41) is 10.1. The second kappa shape index (κ2) is 10.5. The molecule has 2 aromatic carbocycles. The fraction of sp³-hybridized carbons (Fsp3) is 0.385. The number of carbonyl (C=O) groups excluding carboxylic acids is 1. The summed E-state index contributed by atoms with van der Waals surface area (Å²) in [7, 11) is 1.61. The molecule has 2 heterocycles. The van der Waals surface area contributed by atoms with Crippen LogP contribution in [0.3, 0.4) is 0 Å². The lowest BCUT2D eigenvalue weighted by atomic mass is 10.1. The largest absolute Gasteiger partial charge is 0.493 e. The maximum atomic E-state index is 13.3. The highest BCUT2D eigenvalue weighted by atomic mass is 16.5. The number of fused-ring (bicyclic) bond motifs is 1. The molecule has 1 aliphatic rings. The quantitative estimate of drug-likeness (QED) is 0.413. The minimum Gasteiger partial charge on any atom is -0.493 e. The van der Waals surface area contributed by atoms with Gasteiger partial charge in [-0.15, -0.1) is 0 Å². The number of amides is 2. The number of rotatable bonds is 11. The van der Waals surface area contributed by atoms with E-state index >= 15 is 0 Å². The topological polar surface area (TPSA) is 84.2 Å². The molecule has 0 aliphatic carbocycles. The lowest BCUT2D eigenvalue weighted by molar-refractivity contribution is -0.137. The van der Waals surface area contributed by atoms with Crippen LogP contribution in [0.1, 0.15) is 31.7 Å². The number of hydrogen-bond acceptors (Lipinski definition) is 4. The van der Waals surface area contributed by atoms with Crippen molar-refractivity contribution in [1.29, 1.82) is 0 Å². The molecule has 0 unspecified atom stereocenters. The number of methoxy groups -OCH3 is 1. The van der Waals surface area contributed by atoms with Crippen molar-refractivity contribution in [3.8, 4) is 11.5 Å². The average molecular weight is 466 g/mol. The predicted octanol–water partition coefficient (Wildman–Crippen LogP) is 4.75. The van der Waals surface area contributed by atoms with E-state index in [1.54, 1.807) is 22.8 Å². The van der Waals surface area contributed by atoms with E-state index in [1.807, 2.05) is 47.4 Å². The summed E-state index contributed by atoms with van der Waals surface area (Å²) in [5.41, 5.74) is 2.62. The smallest absolute Gasteiger partial charge is 0.324 e. The van der Waals surface area contributed by atoms with Gasteiger partial charge in [0.2, 0.25) is 0 Å². The Labute approximate surface area is 199 Å². The molecule has 0 saturated carbocycles. The molecule has 8 heteroatoms. The Kier molecular flexibility index (Phi) is 7.25. The molecule has 0 atom stereocenters. The van der Waals surface area contributed by atoms with Crippen LogP contribution in [0, 0.1) is 0 Å². The number of carboxylic acid groups (broad SMARTS) is 1. The molecule has 1 fully saturated rings. The number of urea groups is 1. The maximum absolute atomic E-state index is 13.3. The highest BCUT2D eigenvalue weighted by Gasteiger charge is 2.30. The molecule has 8 nitrogen and oxygen atoms in total. The molecule has 0 spiro atoms. The second-order valence-corrected chi connectivity index (χ2v) is 8.43. The summed E-state index contributed by atoms with van der Waals surface area (Å²) < 4.78 is 13.1. The Morgan fingerprint density at radius 2 is 1.94 bits per heavy atom. The van der Waals surface area contributed by atoms with Crippen LogP contribution in [0.25, 0.3) is 10.9 Å². The van der Waals surface area contributed by atoms with Gasteiger partial charge in [0.05, 0.1) is 13.7 Å². The molecule has 1 N–H and O–H groups in total. The Bertz CT molecular complexity index is 1170. The summed E-state index contributed by atoms with van der Waals surface area (Å²) in [4.78, 5) is 28.0. The van der Waals surface area contributed by atoms with Crippen molar-refractivity contribution in [3.05, 3.63) is 54.2 Å². The third-order valence-electron chi connectivity index (χ3n) is 6.13. The van der Waals surface area contributed by atoms with Crippen molar-refractivity contribution in [2.24, 2.45) is 0 Å². The fourth-order valence-corrected chi connectivity index (χ4v) is 4.36. The van der Waals surface area contributed by atoms with Crippen molar-refractivity contribution in [2.75, 3.05) is 31.7 Å². The van der Waals surface area contributed by atoms with Gasteiger partial charge in [0.25, 0.3) is 0 Å². The third-order valence-corrected chi connectivity index (χ3v) is 6.13. The van der Waals surface area contributed by atoms with E-state index in [4.69, 9.17) is 14.6 Å². The van der Waals surface area contributed by atoms with E-state index in [1.165, 1.54) is 0 Å². The molecule has 34 heavy (non-hydrogen) atoms. The third kappa shape index (κ3) is 4.95. The first-order chi connectivity index (χ1) is 16.5. The molecule has 4 rings (SSSR count). The molecular formula is C26H31N3O5. The first-order valence-electron chi connectivity index (χ1n) is 11.7. The van der Waals surface area contributed by atoms with Crippen LogP contribution in [0.5, 0.6) is 11.5 Å². The molecule has 2 amide bonds. The summed E-state index contributed by atoms with van der Waals surface area (Å²) in [6.07, 6.45) is 4.98. The molecule has 3 aromatic rings. The predicted molar refractivity (Wildman–Crippen MR) is 131 cm³/mol. The number of unbranched alkanes of at least 4 members (excludes halogenated alkanes) is 2. The summed E-state index contributed by atoms with van der Waals surface area (Å²) in [6.45, 7) is 4.31. The van der Waals surface area contributed by atoms with Crippen LogP contribution in [0.4, 0.5) is 10.5 Å². The molecule has 180 valence electrons. The summed E-state index contributed by atoms with van der Waals surface area (Å²) in [6, 6.07) is 13.2. The highest BCUT2D eigenvalue weighted by molar-refractivity contribution is 5.95. The molecular weight excluding hydrogens is 434 g/mol. The minimum atomic E-state index is -0.888. The number of hydrogen-bond donors (Lipinski definition) is 1. The summed E-state index contributed by atoms with van der Waals surface area (Å²) in [5.74, 6) is 0.412. The Morgan fingerprint density at radius 3 is 2.71 bits per heavy atom. The van der Waals surface area contributed by atoms with Gasteiger partial charge in [-0.3, -0.25) is 9.69 Å². The van der Waals surface area contributed by atoms with Gasteiger partial charge in [0, 0.05) is 48.5 Å². The second-order valence-electron chi connectivity index (χ2n) is 8.43. The van der Waals surface area contributed by atoms with Crippen molar-refractivity contribution >= 4 is 28.6 Å². The number of nitrogens with zero attached hydrogens (tertiary/aromatic N) is 3. The number of benzene rings is 2. The number of carbonyl (C=O) groups is 2. The zero-order valence-electron chi connectivity index (χ0n) is 19.7. The molecule has 1 saturated heterocycles. The van der Waals surface area contributed by atoms with Gasteiger partial charge < -0.3 is 24.0 Å². The summed E-state index contributed by atoms with van der Waals surface area (Å²) >= 11 is 0. The number of carboxylic acids is 1. The van der Waals surface area contributed by atoms with Gasteiger partial charge in [-0.2, -0.15) is 0 Å². The van der Waals surface area contributed by atoms with E-state index in [0.717, 1.165) is 41.4 Å². The van der Waals surface area contributed by atoms with E-state index in [-0.39, 0.29) is 12.6 Å². The van der Waals surface area contributed by atoms with Crippen LogP contribution < -0.4 is 14.4 Å². The standard InChI is InChI=1S/C26H31N3O5/c1-3-4-5-15-34-24-16-20(9-10-23(24)33-2)29-14-13-28(26(29)32)17-19-7-6-8-22-21(19)11-12-27(22)18-25(30)31/h6-12,16H,3-5,13-15,17-18H2,1-2H3,(H,30,31). The molecule has 1 aromatic heterocycles. The highest BCUT2D eigenvalue weighted by Crippen LogP contribution is 2.34. The number of ether oxygens (including phenoxy) is 2. The van der Waals surface area contributed by atoms with Gasteiger partial charge >= 0.3 is 12.0 Å². The minimum absolute atomic E-state index is 0.0657. The van der Waals surface area contributed by atoms with Crippen molar-refractivity contribution < 1.29 is 24.2 Å². The normalized spacial score (nSPS) is 13.6. The monoisotopic (exact) mass is 465 g/mol. The zero-order chi connectivity index (χ0) is 24.1. The van der Waals surface area contributed by atoms with E-state index in [2.05, 4.69) is 6.92 Å². The van der Waals surface area contributed by atoms with Gasteiger partial charge in [0.15, 0.2) is 11.5 Å². The average Bonchev–Trinajstić information content (AvgIpc) is 3.40. The Morgan fingerprint density at radius 1 is 1.09 bits per heavy atom. The first-order valence-corrected chi connectivity index (χ1v) is 11.7. The van der Waals surface area contributed by atoms with Gasteiger partial charge in [-0.05, 0) is 36.2 Å². The number of aliphatic carboxylic acids is 1. The van der Waals surface area contributed by atoms with E-state index in [0.29, 0.717) is 37.7 Å². The lowest BCUT2D eigenvalue weighted by Gasteiger charge is -2.20. The molecule has 0 bridgehead atoms. The molecule has 0 radical (unpaired) electrons.